The molecule has 3 rings (SSSR count). The number of ether oxygens (including phenoxy) is 1. The molecule has 104 valence electrons. The quantitative estimate of drug-likeness (QED) is 0.917. The molecule has 1 aromatic heterocycles. The van der Waals surface area contributed by atoms with Crippen LogP contribution < -0.4 is 15.4 Å². The summed E-state index contributed by atoms with van der Waals surface area (Å²) >= 11 is 2.02. The van der Waals surface area contributed by atoms with Gasteiger partial charge in [-0.3, -0.25) is 0 Å². The van der Waals surface area contributed by atoms with Crippen LogP contribution in [-0.4, -0.2) is 36.2 Å². The van der Waals surface area contributed by atoms with Crippen molar-refractivity contribution in [1.29, 1.82) is 0 Å². The highest BCUT2D eigenvalue weighted by Crippen LogP contribution is 2.31. The molecule has 0 unspecified atom stereocenters. The molecule has 2 N–H and O–H groups in total. The van der Waals surface area contributed by atoms with Gasteiger partial charge in [-0.05, 0) is 43.1 Å². The lowest BCUT2D eigenvalue weighted by molar-refractivity contribution is 0.290. The number of rotatable bonds is 4. The van der Waals surface area contributed by atoms with Gasteiger partial charge in [-0.2, -0.15) is 16.7 Å². The van der Waals surface area contributed by atoms with Crippen molar-refractivity contribution in [2.45, 2.75) is 19.3 Å². The zero-order valence-electron chi connectivity index (χ0n) is 11.2. The Hall–Kier alpha value is -1.10. The molecule has 1 aromatic rings. The Bertz CT molecular complexity index is 429. The summed E-state index contributed by atoms with van der Waals surface area (Å²) in [6.45, 7) is 2.89. The van der Waals surface area contributed by atoms with Crippen molar-refractivity contribution in [1.82, 2.24) is 4.98 Å². The van der Waals surface area contributed by atoms with Crippen LogP contribution in [0, 0.1) is 5.92 Å². The van der Waals surface area contributed by atoms with E-state index in [9.17, 15) is 0 Å². The number of nitrogens with two attached hydrogens (primary N) is 1. The first-order chi connectivity index (χ1) is 9.33. The van der Waals surface area contributed by atoms with E-state index >= 15 is 0 Å². The SMILES string of the molecule is Nc1ccc(N2CCCSCC2)nc1OCC1CC1. The first kappa shape index (κ1) is 12.9. The number of aromatic nitrogens is 1. The van der Waals surface area contributed by atoms with Gasteiger partial charge in [0.1, 0.15) is 5.82 Å². The predicted molar refractivity (Wildman–Crippen MR) is 81.0 cm³/mol. The first-order valence-electron chi connectivity index (χ1n) is 7.05. The molecule has 4 nitrogen and oxygen atoms in total. The molecule has 0 amide bonds. The average Bonchev–Trinajstić information content (AvgIpc) is 3.25. The number of pyridine rings is 1. The molecule has 1 aliphatic heterocycles. The number of thioether (sulfide) groups is 1. The second-order valence-electron chi connectivity index (χ2n) is 5.27. The first-order valence-corrected chi connectivity index (χ1v) is 8.20. The highest BCUT2D eigenvalue weighted by atomic mass is 32.2. The lowest BCUT2D eigenvalue weighted by Crippen LogP contribution is -2.26. The van der Waals surface area contributed by atoms with E-state index in [1.54, 1.807) is 0 Å². The number of anilines is 2. The van der Waals surface area contributed by atoms with Crippen LogP contribution in [-0.2, 0) is 0 Å². The Morgan fingerprint density at radius 1 is 1.32 bits per heavy atom. The van der Waals surface area contributed by atoms with E-state index in [4.69, 9.17) is 10.5 Å². The molecule has 0 bridgehead atoms. The smallest absolute Gasteiger partial charge is 0.239 e. The predicted octanol–water partition coefficient (Wildman–Crippen LogP) is 2.40. The van der Waals surface area contributed by atoms with Crippen LogP contribution in [0.1, 0.15) is 19.3 Å². The lowest BCUT2D eigenvalue weighted by Gasteiger charge is -2.22. The summed E-state index contributed by atoms with van der Waals surface area (Å²) in [5.74, 6) is 4.75. The van der Waals surface area contributed by atoms with Gasteiger partial charge < -0.3 is 15.4 Å². The van der Waals surface area contributed by atoms with Crippen LogP contribution >= 0.6 is 11.8 Å². The summed E-state index contributed by atoms with van der Waals surface area (Å²) in [5, 5.41) is 0. The minimum Gasteiger partial charge on any atom is -0.476 e. The summed E-state index contributed by atoms with van der Waals surface area (Å²) in [6, 6.07) is 3.93. The molecular weight excluding hydrogens is 258 g/mol. The molecule has 19 heavy (non-hydrogen) atoms. The minimum absolute atomic E-state index is 0.612. The third-order valence-corrected chi connectivity index (χ3v) is 4.62. The van der Waals surface area contributed by atoms with E-state index in [-0.39, 0.29) is 0 Å². The van der Waals surface area contributed by atoms with Crippen molar-refractivity contribution in [3.05, 3.63) is 12.1 Å². The van der Waals surface area contributed by atoms with Gasteiger partial charge in [-0.25, -0.2) is 0 Å². The number of hydrogen-bond acceptors (Lipinski definition) is 5. The van der Waals surface area contributed by atoms with Crippen LogP contribution in [0.4, 0.5) is 11.5 Å². The minimum atomic E-state index is 0.612. The summed E-state index contributed by atoms with van der Waals surface area (Å²) in [6.07, 6.45) is 3.78. The normalized spacial score (nSPS) is 20.1. The number of nitrogen functional groups attached to an aromatic ring is 1. The molecule has 0 radical (unpaired) electrons. The molecule has 0 aromatic carbocycles. The highest BCUT2D eigenvalue weighted by molar-refractivity contribution is 7.99. The van der Waals surface area contributed by atoms with Crippen LogP contribution in [0.25, 0.3) is 0 Å². The van der Waals surface area contributed by atoms with Crippen LogP contribution in [0.2, 0.25) is 0 Å². The molecule has 0 atom stereocenters. The van der Waals surface area contributed by atoms with E-state index in [0.717, 1.165) is 31.4 Å². The Balaban J connectivity index is 1.70. The molecule has 2 heterocycles. The summed E-state index contributed by atoms with van der Waals surface area (Å²) in [7, 11) is 0. The van der Waals surface area contributed by atoms with E-state index in [1.165, 1.54) is 30.8 Å². The van der Waals surface area contributed by atoms with E-state index < -0.39 is 0 Å². The lowest BCUT2D eigenvalue weighted by atomic mass is 10.3. The van der Waals surface area contributed by atoms with E-state index in [2.05, 4.69) is 9.88 Å². The number of nitrogens with zero attached hydrogens (tertiary/aromatic N) is 2. The van der Waals surface area contributed by atoms with Crippen molar-refractivity contribution in [3.8, 4) is 5.88 Å². The van der Waals surface area contributed by atoms with Gasteiger partial charge in [0.25, 0.3) is 0 Å². The fourth-order valence-corrected chi connectivity index (χ4v) is 3.08. The summed E-state index contributed by atoms with van der Waals surface area (Å²) in [5.41, 5.74) is 6.59. The van der Waals surface area contributed by atoms with Crippen molar-refractivity contribution < 1.29 is 4.74 Å². The van der Waals surface area contributed by atoms with Crippen molar-refractivity contribution >= 4 is 23.3 Å². The Kier molecular flexibility index (Phi) is 4.01. The molecule has 5 heteroatoms. The van der Waals surface area contributed by atoms with Crippen LogP contribution in [0.5, 0.6) is 5.88 Å². The molecule has 2 aliphatic rings. The van der Waals surface area contributed by atoms with Gasteiger partial charge in [-0.15, -0.1) is 0 Å². The Morgan fingerprint density at radius 3 is 3.05 bits per heavy atom. The molecule has 1 saturated heterocycles. The molecule has 0 spiro atoms. The van der Waals surface area contributed by atoms with Gasteiger partial charge in [0.05, 0.1) is 12.3 Å². The fraction of sp³-hybridized carbons (Fsp3) is 0.643. The number of hydrogen-bond donors (Lipinski definition) is 1. The maximum Gasteiger partial charge on any atom is 0.239 e. The molecule has 1 aliphatic carbocycles. The monoisotopic (exact) mass is 279 g/mol. The largest absolute Gasteiger partial charge is 0.476 e. The standard InChI is InChI=1S/C14H21N3OS/c15-12-4-5-13(17-6-1-8-19-9-7-17)16-14(12)18-10-11-2-3-11/h4-5,11H,1-3,6-10,15H2. The summed E-state index contributed by atoms with van der Waals surface area (Å²) < 4.78 is 5.76. The van der Waals surface area contributed by atoms with Crippen molar-refractivity contribution in [2.75, 3.05) is 41.8 Å². The second kappa shape index (κ2) is 5.90. The van der Waals surface area contributed by atoms with Gasteiger partial charge >= 0.3 is 0 Å². The van der Waals surface area contributed by atoms with Crippen LogP contribution in [0.15, 0.2) is 12.1 Å². The average molecular weight is 279 g/mol. The fourth-order valence-electron chi connectivity index (χ4n) is 2.19. The maximum absolute atomic E-state index is 5.95. The second-order valence-corrected chi connectivity index (χ2v) is 6.50. The third-order valence-electron chi connectivity index (χ3n) is 3.57. The zero-order chi connectivity index (χ0) is 13.1. The Labute approximate surface area is 118 Å². The molecular formula is C14H21N3OS. The van der Waals surface area contributed by atoms with Crippen molar-refractivity contribution in [3.63, 3.8) is 0 Å². The zero-order valence-corrected chi connectivity index (χ0v) is 12.0. The molecule has 1 saturated carbocycles. The summed E-state index contributed by atoms with van der Waals surface area (Å²) in [4.78, 5) is 6.94. The van der Waals surface area contributed by atoms with E-state index in [0.29, 0.717) is 11.6 Å². The maximum atomic E-state index is 5.95. The van der Waals surface area contributed by atoms with Crippen molar-refractivity contribution in [2.24, 2.45) is 5.92 Å². The molecule has 2 fully saturated rings. The third kappa shape index (κ3) is 3.47. The highest BCUT2D eigenvalue weighted by Gasteiger charge is 2.23. The van der Waals surface area contributed by atoms with E-state index in [1.807, 2.05) is 23.9 Å². The van der Waals surface area contributed by atoms with Gasteiger partial charge in [0.15, 0.2) is 0 Å². The topological polar surface area (TPSA) is 51.4 Å². The Morgan fingerprint density at radius 2 is 2.21 bits per heavy atom. The van der Waals surface area contributed by atoms with Gasteiger partial charge in [-0.1, -0.05) is 0 Å². The van der Waals surface area contributed by atoms with Gasteiger partial charge in [0.2, 0.25) is 5.88 Å². The van der Waals surface area contributed by atoms with Gasteiger partial charge in [0, 0.05) is 18.8 Å². The van der Waals surface area contributed by atoms with Crippen LogP contribution in [0.3, 0.4) is 0 Å².